The van der Waals surface area contributed by atoms with Crippen LogP contribution in [0.5, 0.6) is 0 Å². The lowest BCUT2D eigenvalue weighted by Crippen LogP contribution is -2.34. The first kappa shape index (κ1) is 15.0. The highest BCUT2D eigenvalue weighted by molar-refractivity contribution is 14.1. The number of likely N-dealkylation sites (tertiary alicyclic amines) is 1. The van der Waals surface area contributed by atoms with Crippen LogP contribution in [0.15, 0.2) is 18.2 Å². The van der Waals surface area contributed by atoms with E-state index in [0.717, 1.165) is 0 Å². The maximum atomic E-state index is 13.0. The summed E-state index contributed by atoms with van der Waals surface area (Å²) in [6.07, 6.45) is 0. The van der Waals surface area contributed by atoms with Gasteiger partial charge in [0.15, 0.2) is 0 Å². The molecule has 1 aliphatic heterocycles. The van der Waals surface area contributed by atoms with Crippen molar-refractivity contribution in [2.75, 3.05) is 18.4 Å². The van der Waals surface area contributed by atoms with Crippen LogP contribution in [0.3, 0.4) is 0 Å². The minimum atomic E-state index is -0.885. The molecule has 0 radical (unpaired) electrons. The normalized spacial score (nSPS) is 21.9. The minimum absolute atomic E-state index is 0.0782. The fraction of sp³-hybridized carbons (Fsp3) is 0.385. The number of carbonyl (C=O) groups excluding carboxylic acids is 1. The Labute approximate surface area is 129 Å². The van der Waals surface area contributed by atoms with Crippen LogP contribution in [0.2, 0.25) is 0 Å². The van der Waals surface area contributed by atoms with Gasteiger partial charge in [0.1, 0.15) is 5.82 Å². The Kier molecular flexibility index (Phi) is 4.46. The van der Waals surface area contributed by atoms with Crippen molar-refractivity contribution >= 4 is 40.3 Å². The van der Waals surface area contributed by atoms with Crippen molar-refractivity contribution in [1.29, 1.82) is 0 Å². The zero-order chi connectivity index (χ0) is 14.9. The molecule has 5 nitrogen and oxygen atoms in total. The highest BCUT2D eigenvalue weighted by atomic mass is 127. The third-order valence-electron chi connectivity index (χ3n) is 3.39. The molecule has 0 aliphatic carbocycles. The lowest BCUT2D eigenvalue weighted by atomic mass is 9.99. The summed E-state index contributed by atoms with van der Waals surface area (Å²) >= 11 is 1.93. The number of benzene rings is 1. The molecule has 0 saturated carbocycles. The van der Waals surface area contributed by atoms with Gasteiger partial charge in [-0.25, -0.2) is 9.18 Å². The summed E-state index contributed by atoms with van der Waals surface area (Å²) in [7, 11) is 0. The number of nitrogens with one attached hydrogen (secondary N) is 1. The van der Waals surface area contributed by atoms with E-state index in [0.29, 0.717) is 15.8 Å². The van der Waals surface area contributed by atoms with E-state index in [1.807, 2.05) is 29.5 Å². The molecular formula is C13H14FIN2O3. The van der Waals surface area contributed by atoms with E-state index in [9.17, 15) is 14.0 Å². The summed E-state index contributed by atoms with van der Waals surface area (Å²) < 4.78 is 13.6. The molecule has 1 fully saturated rings. The summed E-state index contributed by atoms with van der Waals surface area (Å²) in [4.78, 5) is 24.6. The van der Waals surface area contributed by atoms with Gasteiger partial charge in [-0.2, -0.15) is 0 Å². The predicted octanol–water partition coefficient (Wildman–Crippen LogP) is 2.61. The number of hydrogen-bond donors (Lipinski definition) is 2. The average Bonchev–Trinajstić information content (AvgIpc) is 2.75. The Morgan fingerprint density at radius 3 is 2.70 bits per heavy atom. The Balaban J connectivity index is 2.04. The lowest BCUT2D eigenvalue weighted by molar-refractivity contribution is -0.142. The van der Waals surface area contributed by atoms with Crippen molar-refractivity contribution in [3.8, 4) is 0 Å². The summed E-state index contributed by atoms with van der Waals surface area (Å²) in [6.45, 7) is 2.41. The number of carbonyl (C=O) groups is 2. The first-order valence-electron chi connectivity index (χ1n) is 6.12. The summed E-state index contributed by atoms with van der Waals surface area (Å²) in [5, 5.41) is 11.7. The van der Waals surface area contributed by atoms with E-state index in [2.05, 4.69) is 5.32 Å². The minimum Gasteiger partial charge on any atom is -0.481 e. The van der Waals surface area contributed by atoms with Gasteiger partial charge in [0.05, 0.1) is 11.6 Å². The number of nitrogens with zero attached hydrogens (tertiary/aromatic N) is 1. The topological polar surface area (TPSA) is 69.6 Å². The second-order valence-electron chi connectivity index (χ2n) is 4.88. The fourth-order valence-corrected chi connectivity index (χ4v) is 2.85. The molecule has 0 unspecified atom stereocenters. The molecule has 20 heavy (non-hydrogen) atoms. The zero-order valence-electron chi connectivity index (χ0n) is 10.8. The average molecular weight is 392 g/mol. The van der Waals surface area contributed by atoms with Crippen LogP contribution >= 0.6 is 22.6 Å². The number of rotatable bonds is 2. The first-order valence-corrected chi connectivity index (χ1v) is 7.20. The molecule has 2 rings (SSSR count). The molecule has 0 bridgehead atoms. The van der Waals surface area contributed by atoms with Gasteiger partial charge in [0, 0.05) is 16.7 Å². The van der Waals surface area contributed by atoms with Crippen LogP contribution < -0.4 is 5.32 Å². The van der Waals surface area contributed by atoms with Crippen molar-refractivity contribution < 1.29 is 19.1 Å². The second-order valence-corrected chi connectivity index (χ2v) is 6.04. The number of carboxylic acid groups (broad SMARTS) is 1. The first-order chi connectivity index (χ1) is 9.38. The molecule has 1 aliphatic rings. The van der Waals surface area contributed by atoms with Crippen LogP contribution in [0.4, 0.5) is 14.9 Å². The van der Waals surface area contributed by atoms with Gasteiger partial charge in [-0.15, -0.1) is 0 Å². The van der Waals surface area contributed by atoms with Crippen LogP contribution in [0, 0.1) is 21.2 Å². The highest BCUT2D eigenvalue weighted by Crippen LogP contribution is 2.25. The summed E-state index contributed by atoms with van der Waals surface area (Å²) in [5.41, 5.74) is 0.517. The van der Waals surface area contributed by atoms with E-state index in [1.165, 1.54) is 23.1 Å². The van der Waals surface area contributed by atoms with Crippen molar-refractivity contribution in [3.63, 3.8) is 0 Å². The number of anilines is 1. The molecule has 1 saturated heterocycles. The molecule has 1 aromatic rings. The molecule has 2 N–H and O–H groups in total. The third-order valence-corrected chi connectivity index (χ3v) is 4.28. The molecular weight excluding hydrogens is 378 g/mol. The predicted molar refractivity (Wildman–Crippen MR) is 80.0 cm³/mol. The molecule has 0 aromatic heterocycles. The lowest BCUT2D eigenvalue weighted by Gasteiger charge is -2.17. The van der Waals surface area contributed by atoms with Gasteiger partial charge < -0.3 is 15.3 Å². The van der Waals surface area contributed by atoms with Crippen molar-refractivity contribution in [3.05, 3.63) is 27.6 Å². The Hall–Kier alpha value is -1.38. The Morgan fingerprint density at radius 2 is 2.15 bits per heavy atom. The van der Waals surface area contributed by atoms with Crippen LogP contribution in [-0.2, 0) is 4.79 Å². The van der Waals surface area contributed by atoms with Gasteiger partial charge in [-0.1, -0.05) is 6.92 Å². The summed E-state index contributed by atoms with van der Waals surface area (Å²) in [5.74, 6) is -1.86. The van der Waals surface area contributed by atoms with E-state index in [4.69, 9.17) is 5.11 Å². The molecule has 0 spiro atoms. The number of amides is 2. The van der Waals surface area contributed by atoms with Gasteiger partial charge in [0.2, 0.25) is 0 Å². The van der Waals surface area contributed by atoms with E-state index < -0.39 is 11.9 Å². The molecule has 2 atom stereocenters. The second kappa shape index (κ2) is 5.94. The number of carboxylic acids is 1. The van der Waals surface area contributed by atoms with Crippen molar-refractivity contribution in [2.24, 2.45) is 11.8 Å². The largest absolute Gasteiger partial charge is 0.481 e. The van der Waals surface area contributed by atoms with E-state index in [1.54, 1.807) is 0 Å². The van der Waals surface area contributed by atoms with Crippen molar-refractivity contribution in [1.82, 2.24) is 4.90 Å². The van der Waals surface area contributed by atoms with Crippen molar-refractivity contribution in [2.45, 2.75) is 6.92 Å². The molecule has 108 valence electrons. The maximum Gasteiger partial charge on any atom is 0.321 e. The maximum absolute atomic E-state index is 13.0. The Morgan fingerprint density at radius 1 is 1.45 bits per heavy atom. The van der Waals surface area contributed by atoms with E-state index in [-0.39, 0.29) is 24.3 Å². The number of urea groups is 1. The SMILES string of the molecule is C[C@@H]1CN(C(=O)Nc2ccc(F)cc2I)C[C@H]1C(=O)O. The Bertz CT molecular complexity index is 552. The summed E-state index contributed by atoms with van der Waals surface area (Å²) in [6, 6.07) is 3.72. The van der Waals surface area contributed by atoms with Crippen LogP contribution in [-0.4, -0.2) is 35.1 Å². The smallest absolute Gasteiger partial charge is 0.321 e. The van der Waals surface area contributed by atoms with Gasteiger partial charge in [-0.3, -0.25) is 4.79 Å². The van der Waals surface area contributed by atoms with Gasteiger partial charge in [0.25, 0.3) is 0 Å². The molecule has 1 heterocycles. The van der Waals surface area contributed by atoms with Crippen LogP contribution in [0.25, 0.3) is 0 Å². The number of hydrogen-bond acceptors (Lipinski definition) is 2. The number of halogens is 2. The third kappa shape index (κ3) is 3.20. The zero-order valence-corrected chi connectivity index (χ0v) is 12.9. The molecule has 1 aromatic carbocycles. The monoisotopic (exact) mass is 392 g/mol. The molecule has 2 amide bonds. The molecule has 7 heteroatoms. The van der Waals surface area contributed by atoms with E-state index >= 15 is 0 Å². The highest BCUT2D eigenvalue weighted by Gasteiger charge is 2.37. The van der Waals surface area contributed by atoms with Crippen LogP contribution in [0.1, 0.15) is 6.92 Å². The number of aliphatic carboxylic acids is 1. The van der Waals surface area contributed by atoms with Gasteiger partial charge >= 0.3 is 12.0 Å². The fourth-order valence-electron chi connectivity index (χ4n) is 2.24. The quantitative estimate of drug-likeness (QED) is 0.761. The van der Waals surface area contributed by atoms with Gasteiger partial charge in [-0.05, 0) is 46.7 Å². The standard InChI is InChI=1S/C13H14FIN2O3/c1-7-5-17(6-9(7)12(18)19)13(20)16-11-3-2-8(14)4-10(11)15/h2-4,7,9H,5-6H2,1H3,(H,16,20)(H,18,19)/t7-,9-/m1/s1.